The lowest BCUT2D eigenvalue weighted by Gasteiger charge is -2.19. The number of rotatable bonds is 12. The highest BCUT2D eigenvalue weighted by atomic mass is 32.2. The molecule has 0 spiro atoms. The number of aromatic nitrogens is 2. The van der Waals surface area contributed by atoms with E-state index in [0.29, 0.717) is 42.6 Å². The van der Waals surface area contributed by atoms with Gasteiger partial charge in [0.15, 0.2) is 11.5 Å². The maximum Gasteiger partial charge on any atom is 0.252 e. The van der Waals surface area contributed by atoms with E-state index >= 15 is 0 Å². The number of ether oxygens (including phenoxy) is 3. The Labute approximate surface area is 193 Å². The number of nitrogens with zero attached hydrogens (tertiary/aromatic N) is 1. The number of fused-ring (bicyclic) bond motifs is 1. The Balaban J connectivity index is 1.92. The minimum atomic E-state index is -0.250. The fourth-order valence-electron chi connectivity index (χ4n) is 3.41. The van der Waals surface area contributed by atoms with Crippen molar-refractivity contribution in [2.75, 3.05) is 31.8 Å². The van der Waals surface area contributed by atoms with Gasteiger partial charge >= 0.3 is 0 Å². The van der Waals surface area contributed by atoms with E-state index < -0.39 is 0 Å². The summed E-state index contributed by atoms with van der Waals surface area (Å²) in [5.41, 5.74) is 2.28. The smallest absolute Gasteiger partial charge is 0.252 e. The highest BCUT2D eigenvalue weighted by Gasteiger charge is 2.22. The van der Waals surface area contributed by atoms with Gasteiger partial charge in [0.2, 0.25) is 5.75 Å². The van der Waals surface area contributed by atoms with Gasteiger partial charge < -0.3 is 24.5 Å². The molecule has 0 aliphatic carbocycles. The summed E-state index contributed by atoms with van der Waals surface area (Å²) in [6.45, 7) is 7.05. The highest BCUT2D eigenvalue weighted by Crippen LogP contribution is 2.39. The van der Waals surface area contributed by atoms with Crippen LogP contribution in [0.15, 0.2) is 36.4 Å². The molecular weight excluding hydrogens is 426 g/mol. The molecule has 1 heterocycles. The second-order valence-corrected chi connectivity index (χ2v) is 8.03. The van der Waals surface area contributed by atoms with Crippen molar-refractivity contribution in [3.63, 3.8) is 0 Å². The van der Waals surface area contributed by atoms with E-state index in [9.17, 15) is 4.79 Å². The molecule has 0 aliphatic heterocycles. The van der Waals surface area contributed by atoms with E-state index in [1.807, 2.05) is 51.3 Å². The van der Waals surface area contributed by atoms with Gasteiger partial charge in [-0.15, -0.1) is 0 Å². The van der Waals surface area contributed by atoms with Crippen LogP contribution < -0.4 is 19.5 Å². The van der Waals surface area contributed by atoms with Gasteiger partial charge in [0.25, 0.3) is 5.91 Å². The summed E-state index contributed by atoms with van der Waals surface area (Å²) in [5.74, 6) is 2.92. The number of imidazole rings is 1. The molecule has 2 aromatic carbocycles. The highest BCUT2D eigenvalue weighted by molar-refractivity contribution is 7.98. The average molecular weight is 458 g/mol. The third kappa shape index (κ3) is 5.68. The SMILES string of the molecule is CCOc1cc(C(=O)NC(CCSC)c2nc3ccccc3[nH]2)cc(OCC)c1OCC. The standard InChI is InChI=1S/C24H31N3O4S/c1-5-29-20-14-16(15-21(30-6-2)22(20)31-7-3)24(28)27-19(12-13-32-4)23-25-17-10-8-9-11-18(17)26-23/h8-11,14-15,19H,5-7,12-13H2,1-4H3,(H,25,26)(H,27,28). The molecule has 0 bridgehead atoms. The molecule has 0 saturated heterocycles. The Morgan fingerprint density at radius 2 is 1.72 bits per heavy atom. The van der Waals surface area contributed by atoms with Crippen LogP contribution in [0.2, 0.25) is 0 Å². The van der Waals surface area contributed by atoms with Crippen LogP contribution >= 0.6 is 11.8 Å². The largest absolute Gasteiger partial charge is 0.490 e. The lowest BCUT2D eigenvalue weighted by atomic mass is 10.1. The van der Waals surface area contributed by atoms with Crippen LogP contribution in [0, 0.1) is 0 Å². The van der Waals surface area contributed by atoms with Crippen molar-refractivity contribution in [2.45, 2.75) is 33.2 Å². The van der Waals surface area contributed by atoms with Crippen molar-refractivity contribution >= 4 is 28.7 Å². The number of carbonyl (C=O) groups excluding carboxylic acids is 1. The summed E-state index contributed by atoms with van der Waals surface area (Å²) < 4.78 is 17.3. The molecule has 172 valence electrons. The second-order valence-electron chi connectivity index (χ2n) is 7.05. The normalized spacial score (nSPS) is 11.9. The van der Waals surface area contributed by atoms with Crippen LogP contribution in [0.1, 0.15) is 49.4 Å². The first-order valence-electron chi connectivity index (χ1n) is 10.9. The molecule has 1 aromatic heterocycles. The lowest BCUT2D eigenvalue weighted by molar-refractivity contribution is 0.0933. The predicted molar refractivity (Wildman–Crippen MR) is 129 cm³/mol. The van der Waals surface area contributed by atoms with Gasteiger partial charge in [-0.3, -0.25) is 4.79 Å². The van der Waals surface area contributed by atoms with Crippen molar-refractivity contribution < 1.29 is 19.0 Å². The fraction of sp³-hybridized carbons (Fsp3) is 0.417. The van der Waals surface area contributed by atoms with E-state index in [1.54, 1.807) is 23.9 Å². The summed E-state index contributed by atoms with van der Waals surface area (Å²) in [4.78, 5) is 21.3. The van der Waals surface area contributed by atoms with Gasteiger partial charge in [0, 0.05) is 5.56 Å². The van der Waals surface area contributed by atoms with Crippen molar-refractivity contribution in [3.8, 4) is 17.2 Å². The zero-order chi connectivity index (χ0) is 22.9. The quantitative estimate of drug-likeness (QED) is 0.399. The average Bonchev–Trinajstić information content (AvgIpc) is 3.23. The van der Waals surface area contributed by atoms with Gasteiger partial charge in [-0.2, -0.15) is 11.8 Å². The summed E-state index contributed by atoms with van der Waals surface area (Å²) in [6, 6.07) is 11.0. The van der Waals surface area contributed by atoms with Crippen LogP contribution in [-0.4, -0.2) is 47.7 Å². The molecule has 0 saturated carbocycles. The maximum absolute atomic E-state index is 13.3. The molecule has 3 rings (SSSR count). The summed E-state index contributed by atoms with van der Waals surface area (Å²) in [5, 5.41) is 3.14. The van der Waals surface area contributed by atoms with Crippen LogP contribution in [0.3, 0.4) is 0 Å². The van der Waals surface area contributed by atoms with Crippen molar-refractivity contribution in [2.24, 2.45) is 0 Å². The summed E-state index contributed by atoms with van der Waals surface area (Å²) >= 11 is 1.73. The van der Waals surface area contributed by atoms with E-state index in [1.165, 1.54) is 0 Å². The maximum atomic E-state index is 13.3. The number of benzene rings is 2. The Bertz CT molecular complexity index is 977. The van der Waals surface area contributed by atoms with Crippen molar-refractivity contribution in [1.29, 1.82) is 0 Å². The number of amides is 1. The van der Waals surface area contributed by atoms with Crippen molar-refractivity contribution in [3.05, 3.63) is 47.8 Å². The van der Waals surface area contributed by atoms with Gasteiger partial charge in [-0.25, -0.2) is 4.98 Å². The second kappa shape index (κ2) is 11.7. The summed E-state index contributed by atoms with van der Waals surface area (Å²) in [6.07, 6.45) is 2.80. The molecule has 32 heavy (non-hydrogen) atoms. The van der Waals surface area contributed by atoms with E-state index in [4.69, 9.17) is 19.2 Å². The number of thioether (sulfide) groups is 1. The predicted octanol–water partition coefficient (Wildman–Crippen LogP) is 4.98. The molecule has 0 radical (unpaired) electrons. The lowest BCUT2D eigenvalue weighted by Crippen LogP contribution is -2.30. The Hall–Kier alpha value is -2.87. The number of nitrogens with one attached hydrogen (secondary N) is 2. The zero-order valence-corrected chi connectivity index (χ0v) is 19.9. The van der Waals surface area contributed by atoms with Gasteiger partial charge in [0.05, 0.1) is 36.9 Å². The Kier molecular flexibility index (Phi) is 8.67. The van der Waals surface area contributed by atoms with Crippen LogP contribution in [0.25, 0.3) is 11.0 Å². The molecule has 8 heteroatoms. The molecule has 0 aliphatic rings. The van der Waals surface area contributed by atoms with Gasteiger partial charge in [-0.1, -0.05) is 12.1 Å². The van der Waals surface area contributed by atoms with Gasteiger partial charge in [-0.05, 0) is 63.5 Å². The monoisotopic (exact) mass is 457 g/mol. The molecule has 1 amide bonds. The number of H-pyrrole nitrogens is 1. The minimum Gasteiger partial charge on any atom is -0.490 e. The van der Waals surface area contributed by atoms with Crippen molar-refractivity contribution in [1.82, 2.24) is 15.3 Å². The first-order chi connectivity index (χ1) is 15.6. The first kappa shape index (κ1) is 23.8. The Morgan fingerprint density at radius 1 is 1.06 bits per heavy atom. The molecule has 0 fully saturated rings. The number of aromatic amines is 1. The third-order valence-corrected chi connectivity index (χ3v) is 5.47. The number of para-hydroxylation sites is 2. The van der Waals surface area contributed by atoms with Crippen LogP contribution in [0.4, 0.5) is 0 Å². The van der Waals surface area contributed by atoms with Crippen LogP contribution in [-0.2, 0) is 0 Å². The van der Waals surface area contributed by atoms with E-state index in [-0.39, 0.29) is 11.9 Å². The zero-order valence-electron chi connectivity index (χ0n) is 19.1. The molecule has 2 N–H and O–H groups in total. The molecule has 1 atom stereocenters. The summed E-state index contributed by atoms with van der Waals surface area (Å²) in [7, 11) is 0. The molecular formula is C24H31N3O4S. The molecule has 3 aromatic rings. The fourth-order valence-corrected chi connectivity index (χ4v) is 3.88. The molecule has 7 nitrogen and oxygen atoms in total. The topological polar surface area (TPSA) is 85.5 Å². The number of hydrogen-bond acceptors (Lipinski definition) is 6. The minimum absolute atomic E-state index is 0.221. The Morgan fingerprint density at radius 3 is 2.31 bits per heavy atom. The number of carbonyl (C=O) groups is 1. The van der Waals surface area contributed by atoms with E-state index in [0.717, 1.165) is 29.0 Å². The van der Waals surface area contributed by atoms with E-state index in [2.05, 4.69) is 10.3 Å². The molecule has 1 unspecified atom stereocenters. The van der Waals surface area contributed by atoms with Crippen LogP contribution in [0.5, 0.6) is 17.2 Å². The third-order valence-electron chi connectivity index (χ3n) is 4.83. The van der Waals surface area contributed by atoms with Gasteiger partial charge in [0.1, 0.15) is 5.82 Å². The first-order valence-corrected chi connectivity index (χ1v) is 12.3. The number of hydrogen-bond donors (Lipinski definition) is 2.